The van der Waals surface area contributed by atoms with Crippen molar-refractivity contribution in [2.24, 2.45) is 0 Å². The fourth-order valence-electron chi connectivity index (χ4n) is 5.62. The minimum Gasteiger partial charge on any atom is -0.370 e. The molecule has 8 nitrogen and oxygen atoms in total. The van der Waals surface area contributed by atoms with Gasteiger partial charge in [-0.25, -0.2) is 0 Å². The van der Waals surface area contributed by atoms with E-state index in [4.69, 9.17) is 4.74 Å². The van der Waals surface area contributed by atoms with Crippen molar-refractivity contribution in [3.05, 3.63) is 60.7 Å². The maximum Gasteiger partial charge on any atom is 0.113 e. The van der Waals surface area contributed by atoms with Crippen LogP contribution in [0.2, 0.25) is 0 Å². The first-order valence-corrected chi connectivity index (χ1v) is 12.7. The Morgan fingerprint density at radius 1 is 1.00 bits per heavy atom. The number of piperazine rings is 1. The largest absolute Gasteiger partial charge is 0.370 e. The highest BCUT2D eigenvalue weighted by Crippen LogP contribution is 2.30. The number of nitriles is 1. The summed E-state index contributed by atoms with van der Waals surface area (Å²) in [4.78, 5) is 13.8. The number of fused-ring (bicyclic) bond motifs is 2. The number of hydrogen-bond acceptors (Lipinski definition) is 7. The number of aromatic nitrogens is 3. The summed E-state index contributed by atoms with van der Waals surface area (Å²) in [6.07, 6.45) is 7.90. The van der Waals surface area contributed by atoms with Crippen molar-refractivity contribution in [2.45, 2.75) is 38.6 Å². The summed E-state index contributed by atoms with van der Waals surface area (Å²) in [5.74, 6) is 0. The van der Waals surface area contributed by atoms with Crippen molar-refractivity contribution < 1.29 is 4.74 Å². The minimum atomic E-state index is 0.0337. The van der Waals surface area contributed by atoms with Gasteiger partial charge in [-0.15, -0.1) is 0 Å². The van der Waals surface area contributed by atoms with E-state index >= 15 is 0 Å². The van der Waals surface area contributed by atoms with E-state index in [1.54, 1.807) is 12.4 Å². The Balaban J connectivity index is 1.23. The van der Waals surface area contributed by atoms with Crippen molar-refractivity contribution in [2.75, 3.05) is 42.5 Å². The maximum absolute atomic E-state index is 9.49. The molecule has 2 saturated heterocycles. The molecule has 36 heavy (non-hydrogen) atoms. The van der Waals surface area contributed by atoms with Crippen LogP contribution in [-0.4, -0.2) is 65.5 Å². The van der Waals surface area contributed by atoms with E-state index in [1.807, 2.05) is 12.1 Å². The summed E-state index contributed by atoms with van der Waals surface area (Å²) in [6.45, 7) is 9.74. The zero-order chi connectivity index (χ0) is 24.6. The monoisotopic (exact) mass is 481 g/mol. The van der Waals surface area contributed by atoms with E-state index in [2.05, 4.69) is 80.2 Å². The second-order valence-corrected chi connectivity index (χ2v) is 10.0. The number of nitrogens with one attached hydrogen (secondary N) is 1. The van der Waals surface area contributed by atoms with E-state index in [9.17, 15) is 5.26 Å². The number of benzene rings is 2. The van der Waals surface area contributed by atoms with Gasteiger partial charge < -0.3 is 24.4 Å². The van der Waals surface area contributed by atoms with Gasteiger partial charge in [0.15, 0.2) is 0 Å². The summed E-state index contributed by atoms with van der Waals surface area (Å²) in [5.41, 5.74) is 4.26. The van der Waals surface area contributed by atoms with E-state index in [-0.39, 0.29) is 12.2 Å². The predicted octanol–water partition coefficient (Wildman–Crippen LogP) is 3.55. The van der Waals surface area contributed by atoms with Crippen LogP contribution in [-0.2, 0) is 11.3 Å². The molecule has 1 N–H and O–H groups in total. The summed E-state index contributed by atoms with van der Waals surface area (Å²) >= 11 is 0. The molecular weight excluding hydrogens is 450 g/mol. The van der Waals surface area contributed by atoms with Crippen LogP contribution in [0.25, 0.3) is 21.8 Å². The molecule has 3 atom stereocenters. The first-order chi connectivity index (χ1) is 17.6. The molecule has 6 rings (SSSR count). The highest BCUT2D eigenvalue weighted by Gasteiger charge is 2.27. The summed E-state index contributed by atoms with van der Waals surface area (Å²) < 4.78 is 8.62. The molecule has 0 saturated carbocycles. The van der Waals surface area contributed by atoms with Crippen molar-refractivity contribution in [1.29, 1.82) is 5.26 Å². The third kappa shape index (κ3) is 4.36. The number of rotatable bonds is 4. The second kappa shape index (κ2) is 9.41. The Kier molecular flexibility index (Phi) is 5.96. The van der Waals surface area contributed by atoms with Gasteiger partial charge in [0.2, 0.25) is 0 Å². The molecule has 0 amide bonds. The topological polar surface area (TPSA) is 82.2 Å². The maximum atomic E-state index is 9.49. The molecule has 0 aliphatic carbocycles. The molecule has 0 radical (unpaired) electrons. The van der Waals surface area contributed by atoms with Gasteiger partial charge in [-0.2, -0.15) is 5.26 Å². The summed E-state index contributed by atoms with van der Waals surface area (Å²) in [5, 5.41) is 15.5. The molecule has 0 unspecified atom stereocenters. The van der Waals surface area contributed by atoms with Crippen LogP contribution < -0.4 is 15.1 Å². The number of hydrogen-bond donors (Lipinski definition) is 1. The van der Waals surface area contributed by atoms with E-state index in [0.717, 1.165) is 50.5 Å². The predicted molar refractivity (Wildman–Crippen MR) is 142 cm³/mol. The molecule has 2 aliphatic heterocycles. The third-order valence-corrected chi connectivity index (χ3v) is 7.22. The van der Waals surface area contributed by atoms with Gasteiger partial charge in [-0.3, -0.25) is 9.97 Å². The van der Waals surface area contributed by atoms with Crippen LogP contribution >= 0.6 is 0 Å². The van der Waals surface area contributed by atoms with Gasteiger partial charge in [-0.1, -0.05) is 6.07 Å². The number of ether oxygens (including phenoxy) is 1. The molecule has 2 aromatic heterocycles. The Morgan fingerprint density at radius 3 is 2.67 bits per heavy atom. The normalized spacial score (nSPS) is 22.8. The van der Waals surface area contributed by atoms with E-state index in [1.165, 1.54) is 16.5 Å². The average molecular weight is 482 g/mol. The summed E-state index contributed by atoms with van der Waals surface area (Å²) in [6, 6.07) is 13.4. The lowest BCUT2D eigenvalue weighted by Gasteiger charge is -2.38. The molecule has 2 aromatic carbocycles. The fraction of sp³-hybridized carbons (Fsp3) is 0.393. The summed E-state index contributed by atoms with van der Waals surface area (Å²) in [7, 11) is 0. The molecule has 4 heterocycles. The van der Waals surface area contributed by atoms with Crippen LogP contribution in [0.4, 0.5) is 11.4 Å². The van der Waals surface area contributed by atoms with Gasteiger partial charge >= 0.3 is 0 Å². The molecular formula is C28H31N7O. The Hall–Kier alpha value is -3.67. The van der Waals surface area contributed by atoms with Gasteiger partial charge in [0, 0.05) is 74.6 Å². The third-order valence-electron chi connectivity index (χ3n) is 7.22. The molecule has 8 heteroatoms. The van der Waals surface area contributed by atoms with Gasteiger partial charge in [0.05, 0.1) is 30.0 Å². The Labute approximate surface area is 211 Å². The van der Waals surface area contributed by atoms with Crippen molar-refractivity contribution in [3.63, 3.8) is 0 Å². The van der Waals surface area contributed by atoms with Crippen LogP contribution in [0.15, 0.2) is 55.1 Å². The number of nitrogens with zero attached hydrogens (tertiary/aromatic N) is 6. The lowest BCUT2D eigenvalue weighted by Crippen LogP contribution is -2.49. The highest BCUT2D eigenvalue weighted by atomic mass is 16.5. The lowest BCUT2D eigenvalue weighted by molar-refractivity contribution is -0.0238. The Bertz CT molecular complexity index is 1440. The minimum absolute atomic E-state index is 0.0337. The number of anilines is 2. The van der Waals surface area contributed by atoms with E-state index in [0.29, 0.717) is 17.1 Å². The molecule has 4 aromatic rings. The smallest absolute Gasteiger partial charge is 0.113 e. The quantitative estimate of drug-likeness (QED) is 0.477. The first-order valence-electron chi connectivity index (χ1n) is 12.7. The second-order valence-electron chi connectivity index (χ2n) is 10.0. The van der Waals surface area contributed by atoms with Crippen LogP contribution in [0, 0.1) is 11.3 Å². The lowest BCUT2D eigenvalue weighted by atomic mass is 10.1. The molecule has 2 fully saturated rings. The van der Waals surface area contributed by atoms with Crippen molar-refractivity contribution in [3.8, 4) is 6.07 Å². The van der Waals surface area contributed by atoms with Crippen molar-refractivity contribution >= 4 is 33.2 Å². The zero-order valence-corrected chi connectivity index (χ0v) is 20.8. The van der Waals surface area contributed by atoms with Gasteiger partial charge in [-0.05, 0) is 43.5 Å². The molecule has 2 aliphatic rings. The highest BCUT2D eigenvalue weighted by molar-refractivity contribution is 5.92. The van der Waals surface area contributed by atoms with Crippen molar-refractivity contribution in [1.82, 2.24) is 19.9 Å². The van der Waals surface area contributed by atoms with E-state index < -0.39 is 0 Å². The van der Waals surface area contributed by atoms with Crippen LogP contribution in [0.3, 0.4) is 0 Å². The standard InChI is InChI=1S/C28H31N7O/c1-19-13-34(10-9-30-19)24-5-3-22-15-33(16-23(22)11-24)17-25-18-35(14-20(2)36-25)26-6-4-21(12-29)27-28(26)32-8-7-31-27/h3-8,11,15-16,19-20,25,30H,9-10,13-14,17-18H2,1-2H3/t19-,20+,25-/m0/s1. The molecule has 0 spiro atoms. The Morgan fingerprint density at radius 2 is 1.83 bits per heavy atom. The SMILES string of the molecule is C[C@@H]1CN(c2ccc(C#N)c3nccnc23)C[C@H](Cn2cc3ccc(N4CCN[C@@H](C)C4)cc3c2)O1. The zero-order valence-electron chi connectivity index (χ0n) is 20.8. The average Bonchev–Trinajstić information content (AvgIpc) is 3.29. The molecule has 0 bridgehead atoms. The first kappa shape index (κ1) is 22.8. The molecule has 184 valence electrons. The fourth-order valence-corrected chi connectivity index (χ4v) is 5.62. The van der Waals surface area contributed by atoms with Crippen LogP contribution in [0.1, 0.15) is 19.4 Å². The number of morpholine rings is 1. The van der Waals surface area contributed by atoms with Crippen LogP contribution in [0.5, 0.6) is 0 Å². The van der Waals surface area contributed by atoms with Gasteiger partial charge in [0.25, 0.3) is 0 Å². The van der Waals surface area contributed by atoms with Gasteiger partial charge in [0.1, 0.15) is 17.1 Å².